The maximum Gasteiger partial charge on any atom is 0.338 e. The molecule has 0 aliphatic heterocycles. The molecular formula is C17H17ClN2O5S. The van der Waals surface area contributed by atoms with Crippen molar-refractivity contribution in [1.82, 2.24) is 4.72 Å². The number of hydrogen-bond donors (Lipinski definition) is 2. The van der Waals surface area contributed by atoms with Gasteiger partial charge in [-0.2, -0.15) is 0 Å². The number of carbonyl (C=O) groups is 2. The summed E-state index contributed by atoms with van der Waals surface area (Å²) in [5.74, 6) is -1.36. The standard InChI is InChI=1S/C17H17ClN2O5S/c1-11(16(21)20-14-7-4-6-13(18)10-14)25-17(22)12-5-3-8-15(9-12)26(23,24)19-2/h3-11,19H,1-2H3,(H,20,21)/t11-/m1/s1. The fraction of sp³-hybridized carbons (Fsp3) is 0.176. The molecule has 26 heavy (non-hydrogen) atoms. The maximum atomic E-state index is 12.2. The number of esters is 1. The molecule has 0 aromatic heterocycles. The zero-order valence-corrected chi connectivity index (χ0v) is 15.6. The first kappa shape index (κ1) is 19.9. The van der Waals surface area contributed by atoms with Crippen LogP contribution in [0.1, 0.15) is 17.3 Å². The van der Waals surface area contributed by atoms with Crippen molar-refractivity contribution < 1.29 is 22.7 Å². The van der Waals surface area contributed by atoms with Crippen LogP contribution < -0.4 is 10.0 Å². The summed E-state index contributed by atoms with van der Waals surface area (Å²) >= 11 is 5.84. The number of hydrogen-bond acceptors (Lipinski definition) is 5. The average Bonchev–Trinajstić information content (AvgIpc) is 2.61. The smallest absolute Gasteiger partial charge is 0.338 e. The lowest BCUT2D eigenvalue weighted by Crippen LogP contribution is -2.30. The van der Waals surface area contributed by atoms with Crippen molar-refractivity contribution in [3.05, 3.63) is 59.1 Å². The summed E-state index contributed by atoms with van der Waals surface area (Å²) in [5, 5.41) is 3.03. The minimum absolute atomic E-state index is 0.0173. The van der Waals surface area contributed by atoms with Crippen molar-refractivity contribution in [2.75, 3.05) is 12.4 Å². The van der Waals surface area contributed by atoms with E-state index in [1.54, 1.807) is 24.3 Å². The first-order valence-corrected chi connectivity index (χ1v) is 9.40. The van der Waals surface area contributed by atoms with E-state index in [2.05, 4.69) is 10.0 Å². The molecule has 0 saturated heterocycles. The second-order valence-corrected chi connectivity index (χ2v) is 7.61. The number of anilines is 1. The topological polar surface area (TPSA) is 102 Å². The second kappa shape index (κ2) is 8.31. The van der Waals surface area contributed by atoms with Crippen LogP contribution in [-0.4, -0.2) is 33.4 Å². The zero-order chi connectivity index (χ0) is 19.3. The van der Waals surface area contributed by atoms with Crippen LogP contribution in [0.2, 0.25) is 5.02 Å². The quantitative estimate of drug-likeness (QED) is 0.730. The van der Waals surface area contributed by atoms with E-state index >= 15 is 0 Å². The summed E-state index contributed by atoms with van der Waals surface area (Å²) in [5.41, 5.74) is 0.483. The molecule has 0 fully saturated rings. The van der Waals surface area contributed by atoms with E-state index in [1.165, 1.54) is 38.2 Å². The van der Waals surface area contributed by atoms with Gasteiger partial charge in [0.1, 0.15) is 0 Å². The molecule has 0 spiro atoms. The molecule has 9 heteroatoms. The van der Waals surface area contributed by atoms with Gasteiger partial charge >= 0.3 is 5.97 Å². The van der Waals surface area contributed by atoms with Crippen LogP contribution in [0.15, 0.2) is 53.4 Å². The van der Waals surface area contributed by atoms with Crippen LogP contribution in [0.25, 0.3) is 0 Å². The van der Waals surface area contributed by atoms with Crippen molar-refractivity contribution in [1.29, 1.82) is 0 Å². The lowest BCUT2D eigenvalue weighted by molar-refractivity contribution is -0.123. The molecule has 1 amide bonds. The summed E-state index contributed by atoms with van der Waals surface area (Å²) < 4.78 is 30.9. The molecule has 2 N–H and O–H groups in total. The molecular weight excluding hydrogens is 380 g/mol. The molecule has 0 aliphatic rings. The van der Waals surface area contributed by atoms with E-state index in [1.807, 2.05) is 0 Å². The lowest BCUT2D eigenvalue weighted by atomic mass is 10.2. The molecule has 2 aromatic carbocycles. The summed E-state index contributed by atoms with van der Waals surface area (Å²) in [6.07, 6.45) is -1.09. The Balaban J connectivity index is 2.07. The number of rotatable bonds is 6. The number of carbonyl (C=O) groups excluding carboxylic acids is 2. The van der Waals surface area contributed by atoms with Crippen molar-refractivity contribution in [3.63, 3.8) is 0 Å². The molecule has 0 unspecified atom stereocenters. The van der Waals surface area contributed by atoms with Crippen LogP contribution in [0.4, 0.5) is 5.69 Å². The minimum Gasteiger partial charge on any atom is -0.449 e. The molecule has 7 nitrogen and oxygen atoms in total. The molecule has 0 aliphatic carbocycles. The largest absolute Gasteiger partial charge is 0.449 e. The molecule has 0 radical (unpaired) electrons. The molecule has 2 aromatic rings. The molecule has 0 saturated carbocycles. The van der Waals surface area contributed by atoms with Gasteiger partial charge in [-0.25, -0.2) is 17.9 Å². The Bertz CT molecular complexity index is 930. The van der Waals surface area contributed by atoms with E-state index in [-0.39, 0.29) is 10.5 Å². The Kier molecular flexibility index (Phi) is 6.36. The maximum absolute atomic E-state index is 12.2. The third-order valence-corrected chi connectivity index (χ3v) is 5.04. The van der Waals surface area contributed by atoms with Crippen LogP contribution in [-0.2, 0) is 19.6 Å². The Morgan fingerprint density at radius 3 is 2.46 bits per heavy atom. The predicted octanol–water partition coefficient (Wildman–Crippen LogP) is 2.43. The lowest BCUT2D eigenvalue weighted by Gasteiger charge is -2.14. The molecule has 0 bridgehead atoms. The average molecular weight is 397 g/mol. The number of halogens is 1. The Morgan fingerprint density at radius 2 is 1.81 bits per heavy atom. The van der Waals surface area contributed by atoms with Gasteiger partial charge in [-0.15, -0.1) is 0 Å². The first-order valence-electron chi connectivity index (χ1n) is 7.54. The number of nitrogens with one attached hydrogen (secondary N) is 2. The van der Waals surface area contributed by atoms with Gasteiger partial charge in [-0.05, 0) is 50.4 Å². The number of ether oxygens (including phenoxy) is 1. The highest BCUT2D eigenvalue weighted by atomic mass is 35.5. The van der Waals surface area contributed by atoms with Crippen molar-refractivity contribution in [3.8, 4) is 0 Å². The summed E-state index contributed by atoms with van der Waals surface area (Å²) in [6.45, 7) is 1.41. The Labute approximate surface area is 156 Å². The molecule has 2 rings (SSSR count). The highest BCUT2D eigenvalue weighted by molar-refractivity contribution is 7.89. The summed E-state index contributed by atoms with van der Waals surface area (Å²) in [4.78, 5) is 24.2. The first-order chi connectivity index (χ1) is 12.2. The summed E-state index contributed by atoms with van der Waals surface area (Å²) in [6, 6.07) is 11.9. The third-order valence-electron chi connectivity index (χ3n) is 3.39. The molecule has 138 valence electrons. The fourth-order valence-corrected chi connectivity index (χ4v) is 2.97. The van der Waals surface area contributed by atoms with Gasteiger partial charge in [-0.1, -0.05) is 23.7 Å². The van der Waals surface area contributed by atoms with Crippen molar-refractivity contribution in [2.24, 2.45) is 0 Å². The van der Waals surface area contributed by atoms with E-state index in [9.17, 15) is 18.0 Å². The zero-order valence-electron chi connectivity index (χ0n) is 14.0. The highest BCUT2D eigenvalue weighted by Gasteiger charge is 2.21. The highest BCUT2D eigenvalue weighted by Crippen LogP contribution is 2.16. The Hall–Kier alpha value is -2.42. The van der Waals surface area contributed by atoms with Gasteiger partial charge < -0.3 is 10.1 Å². The van der Waals surface area contributed by atoms with Gasteiger partial charge in [0.2, 0.25) is 10.0 Å². The van der Waals surface area contributed by atoms with Gasteiger partial charge in [0.25, 0.3) is 5.91 Å². The van der Waals surface area contributed by atoms with Gasteiger partial charge in [0.15, 0.2) is 6.10 Å². The van der Waals surface area contributed by atoms with Crippen LogP contribution in [0.5, 0.6) is 0 Å². The predicted molar refractivity (Wildman–Crippen MR) is 97.6 cm³/mol. The number of benzene rings is 2. The monoisotopic (exact) mass is 396 g/mol. The SMILES string of the molecule is CNS(=O)(=O)c1cccc(C(=O)O[C@H](C)C(=O)Nc2cccc(Cl)c2)c1. The van der Waals surface area contributed by atoms with E-state index in [4.69, 9.17) is 16.3 Å². The van der Waals surface area contributed by atoms with Crippen LogP contribution in [0, 0.1) is 0 Å². The van der Waals surface area contributed by atoms with Gasteiger partial charge in [0.05, 0.1) is 10.5 Å². The van der Waals surface area contributed by atoms with Crippen molar-refractivity contribution >= 4 is 39.2 Å². The molecule has 1 atom stereocenters. The molecule has 0 heterocycles. The summed E-state index contributed by atoms with van der Waals surface area (Å²) in [7, 11) is -2.43. The Morgan fingerprint density at radius 1 is 1.12 bits per heavy atom. The van der Waals surface area contributed by atoms with Crippen LogP contribution >= 0.6 is 11.6 Å². The van der Waals surface area contributed by atoms with Crippen molar-refractivity contribution in [2.45, 2.75) is 17.9 Å². The van der Waals surface area contributed by atoms with Gasteiger partial charge in [-0.3, -0.25) is 4.79 Å². The third kappa shape index (κ3) is 5.04. The van der Waals surface area contributed by atoms with E-state index in [0.29, 0.717) is 10.7 Å². The minimum atomic E-state index is -3.69. The number of amides is 1. The number of sulfonamides is 1. The fourth-order valence-electron chi connectivity index (χ4n) is 2.00. The van der Waals surface area contributed by atoms with E-state index < -0.39 is 28.0 Å². The normalized spacial score (nSPS) is 12.3. The van der Waals surface area contributed by atoms with E-state index in [0.717, 1.165) is 0 Å². The van der Waals surface area contributed by atoms with Crippen LogP contribution in [0.3, 0.4) is 0 Å². The second-order valence-electron chi connectivity index (χ2n) is 5.28. The van der Waals surface area contributed by atoms with Gasteiger partial charge in [0, 0.05) is 10.7 Å².